The van der Waals surface area contributed by atoms with Crippen molar-refractivity contribution in [2.45, 2.75) is 39.2 Å². The number of carbonyl (C=O) groups excluding carboxylic acids is 2. The van der Waals surface area contributed by atoms with Crippen molar-refractivity contribution in [1.29, 1.82) is 0 Å². The fraction of sp³-hybridized carbons (Fsp3) is 0.619. The predicted octanol–water partition coefficient (Wildman–Crippen LogP) is 2.06. The Balaban J connectivity index is 1.53. The summed E-state index contributed by atoms with van der Waals surface area (Å²) in [5, 5.41) is 0. The van der Waals surface area contributed by atoms with Gasteiger partial charge in [-0.2, -0.15) is 0 Å². The van der Waals surface area contributed by atoms with Gasteiger partial charge in [-0.25, -0.2) is 4.79 Å². The molecule has 0 N–H and O–H groups in total. The second kappa shape index (κ2) is 9.22. The van der Waals surface area contributed by atoms with Crippen molar-refractivity contribution in [2.24, 2.45) is 0 Å². The van der Waals surface area contributed by atoms with Crippen LogP contribution in [0, 0.1) is 6.92 Å². The molecule has 0 saturated carbocycles. The molecule has 27 heavy (non-hydrogen) atoms. The molecule has 2 heterocycles. The van der Waals surface area contributed by atoms with Gasteiger partial charge in [-0.15, -0.1) is 0 Å². The Hall–Kier alpha value is -2.08. The van der Waals surface area contributed by atoms with Crippen LogP contribution in [-0.4, -0.2) is 73.6 Å². The van der Waals surface area contributed by atoms with Gasteiger partial charge in [-0.3, -0.25) is 9.69 Å². The molecule has 0 spiro atoms. The summed E-state index contributed by atoms with van der Waals surface area (Å²) in [7, 11) is 0. The Morgan fingerprint density at radius 2 is 1.89 bits per heavy atom. The molecule has 0 unspecified atom stereocenters. The number of hydrogen-bond acceptors (Lipinski definition) is 5. The monoisotopic (exact) mass is 373 g/mol. The molecule has 1 aromatic rings. The Morgan fingerprint density at radius 1 is 1.11 bits per heavy atom. The molecule has 1 aromatic carbocycles. The first kappa shape index (κ1) is 19.7. The highest BCUT2D eigenvalue weighted by Crippen LogP contribution is 2.20. The Morgan fingerprint density at radius 3 is 2.59 bits per heavy atom. The second-order valence-electron chi connectivity index (χ2n) is 7.45. The smallest absolute Gasteiger partial charge is 0.328 e. The van der Waals surface area contributed by atoms with Crippen molar-refractivity contribution in [3.63, 3.8) is 0 Å². The van der Waals surface area contributed by atoms with Crippen molar-refractivity contribution in [2.75, 3.05) is 50.8 Å². The van der Waals surface area contributed by atoms with E-state index in [0.717, 1.165) is 39.0 Å². The molecular weight excluding hydrogens is 342 g/mol. The molecule has 3 rings (SSSR count). The fourth-order valence-corrected chi connectivity index (χ4v) is 3.98. The van der Waals surface area contributed by atoms with Crippen molar-refractivity contribution >= 4 is 17.6 Å². The third-order valence-electron chi connectivity index (χ3n) is 5.48. The van der Waals surface area contributed by atoms with Crippen LogP contribution in [0.2, 0.25) is 0 Å². The number of aryl methyl sites for hydroxylation is 1. The van der Waals surface area contributed by atoms with E-state index in [-0.39, 0.29) is 11.9 Å². The van der Waals surface area contributed by atoms with Gasteiger partial charge < -0.3 is 14.5 Å². The van der Waals surface area contributed by atoms with E-state index >= 15 is 0 Å². The minimum Gasteiger partial charge on any atom is -0.464 e. The number of ether oxygens (including phenoxy) is 1. The van der Waals surface area contributed by atoms with Crippen LogP contribution in [0.5, 0.6) is 0 Å². The molecule has 2 fully saturated rings. The summed E-state index contributed by atoms with van der Waals surface area (Å²) in [5.74, 6) is -0.202. The normalized spacial score (nSPS) is 21.2. The average Bonchev–Trinajstić information content (AvgIpc) is 2.69. The van der Waals surface area contributed by atoms with Gasteiger partial charge in [-0.05, 0) is 50.8 Å². The van der Waals surface area contributed by atoms with E-state index in [2.05, 4.69) is 41.0 Å². The third kappa shape index (κ3) is 5.01. The third-order valence-corrected chi connectivity index (χ3v) is 5.48. The molecule has 0 bridgehead atoms. The average molecular weight is 373 g/mol. The maximum absolute atomic E-state index is 12.8. The molecule has 6 heteroatoms. The first-order valence-corrected chi connectivity index (χ1v) is 10.1. The van der Waals surface area contributed by atoms with Crippen LogP contribution in [0.1, 0.15) is 31.7 Å². The Kier molecular flexibility index (Phi) is 6.72. The van der Waals surface area contributed by atoms with Crippen molar-refractivity contribution < 1.29 is 14.3 Å². The molecule has 0 radical (unpaired) electrons. The van der Waals surface area contributed by atoms with E-state index in [1.165, 1.54) is 11.3 Å². The lowest BCUT2D eigenvalue weighted by Gasteiger charge is -2.38. The fourth-order valence-electron chi connectivity index (χ4n) is 3.98. The van der Waals surface area contributed by atoms with Crippen LogP contribution >= 0.6 is 0 Å². The topological polar surface area (TPSA) is 53.1 Å². The zero-order valence-electron chi connectivity index (χ0n) is 16.5. The molecule has 148 valence electrons. The zero-order valence-corrected chi connectivity index (χ0v) is 16.5. The van der Waals surface area contributed by atoms with Crippen molar-refractivity contribution in [1.82, 2.24) is 9.80 Å². The lowest BCUT2D eigenvalue weighted by molar-refractivity contribution is -0.157. The van der Waals surface area contributed by atoms with Gasteiger partial charge in [0.25, 0.3) is 0 Å². The zero-order chi connectivity index (χ0) is 19.2. The van der Waals surface area contributed by atoms with Crippen LogP contribution in [-0.2, 0) is 14.3 Å². The molecule has 2 saturated heterocycles. The summed E-state index contributed by atoms with van der Waals surface area (Å²) in [4.78, 5) is 31.4. The summed E-state index contributed by atoms with van der Waals surface area (Å²) < 4.78 is 5.17. The Bertz CT molecular complexity index is 656. The van der Waals surface area contributed by atoms with Crippen molar-refractivity contribution in [3.8, 4) is 0 Å². The highest BCUT2D eigenvalue weighted by molar-refractivity contribution is 5.85. The first-order valence-electron chi connectivity index (χ1n) is 10.1. The minimum absolute atomic E-state index is 0.0526. The summed E-state index contributed by atoms with van der Waals surface area (Å²) in [5.41, 5.74) is 2.51. The lowest BCUT2D eigenvalue weighted by atomic mass is 10.0. The predicted molar refractivity (Wildman–Crippen MR) is 106 cm³/mol. The van der Waals surface area contributed by atoms with Gasteiger partial charge in [0, 0.05) is 38.4 Å². The molecule has 2 aliphatic rings. The highest BCUT2D eigenvalue weighted by atomic mass is 16.5. The van der Waals surface area contributed by atoms with Gasteiger partial charge in [0.05, 0.1) is 13.2 Å². The van der Waals surface area contributed by atoms with E-state index in [9.17, 15) is 9.59 Å². The number of anilines is 1. The number of amides is 1. The molecular formula is C21H31N3O3. The van der Waals surface area contributed by atoms with Crippen molar-refractivity contribution in [3.05, 3.63) is 29.8 Å². The van der Waals surface area contributed by atoms with Crippen LogP contribution in [0.25, 0.3) is 0 Å². The number of carbonyl (C=O) groups is 2. The Labute approximate surface area is 162 Å². The van der Waals surface area contributed by atoms with E-state index in [4.69, 9.17) is 4.74 Å². The summed E-state index contributed by atoms with van der Waals surface area (Å²) in [6.07, 6.45) is 2.65. The maximum Gasteiger partial charge on any atom is 0.328 e. The van der Waals surface area contributed by atoms with Gasteiger partial charge in [0.2, 0.25) is 5.91 Å². The number of piperazine rings is 1. The molecule has 6 nitrogen and oxygen atoms in total. The largest absolute Gasteiger partial charge is 0.464 e. The summed E-state index contributed by atoms with van der Waals surface area (Å²) in [6, 6.07) is 8.15. The van der Waals surface area contributed by atoms with Crippen LogP contribution in [0.4, 0.5) is 5.69 Å². The van der Waals surface area contributed by atoms with Gasteiger partial charge >= 0.3 is 5.97 Å². The van der Waals surface area contributed by atoms with E-state index in [0.29, 0.717) is 26.1 Å². The molecule has 1 amide bonds. The van der Waals surface area contributed by atoms with Crippen LogP contribution in [0.3, 0.4) is 0 Å². The number of esters is 1. The van der Waals surface area contributed by atoms with Crippen LogP contribution < -0.4 is 4.90 Å². The molecule has 1 atom stereocenters. The second-order valence-corrected chi connectivity index (χ2v) is 7.45. The number of rotatable bonds is 5. The van der Waals surface area contributed by atoms with E-state index < -0.39 is 6.04 Å². The standard InChI is InChI=1S/C21H31N3O3/c1-3-27-21(26)19-9-4-5-10-24(19)20(25)16-22-11-13-23(14-12-22)18-8-6-7-17(2)15-18/h6-8,15,19H,3-5,9-14,16H2,1-2H3/t19-/m1/s1. The molecule has 0 aliphatic carbocycles. The number of piperidine rings is 1. The van der Waals surface area contributed by atoms with E-state index in [1.807, 2.05) is 0 Å². The van der Waals surface area contributed by atoms with Gasteiger partial charge in [-0.1, -0.05) is 12.1 Å². The van der Waals surface area contributed by atoms with Gasteiger partial charge in [0.15, 0.2) is 0 Å². The molecule has 2 aliphatic heterocycles. The SMILES string of the molecule is CCOC(=O)[C@H]1CCCCN1C(=O)CN1CCN(c2cccc(C)c2)CC1. The quantitative estimate of drug-likeness (QED) is 0.740. The van der Waals surface area contributed by atoms with E-state index in [1.54, 1.807) is 11.8 Å². The van der Waals surface area contributed by atoms with Crippen LogP contribution in [0.15, 0.2) is 24.3 Å². The van der Waals surface area contributed by atoms with Gasteiger partial charge in [0.1, 0.15) is 6.04 Å². The number of benzene rings is 1. The number of hydrogen-bond donors (Lipinski definition) is 0. The first-order chi connectivity index (χ1) is 13.1. The number of likely N-dealkylation sites (tertiary alicyclic amines) is 1. The molecule has 0 aromatic heterocycles. The lowest BCUT2D eigenvalue weighted by Crippen LogP contribution is -2.54. The summed E-state index contributed by atoms with van der Waals surface area (Å²) >= 11 is 0. The minimum atomic E-state index is -0.403. The summed E-state index contributed by atoms with van der Waals surface area (Å²) in [6.45, 7) is 8.87. The maximum atomic E-state index is 12.8. The highest BCUT2D eigenvalue weighted by Gasteiger charge is 2.34. The number of nitrogens with zero attached hydrogens (tertiary/aromatic N) is 3.